The van der Waals surface area contributed by atoms with Crippen molar-refractivity contribution in [3.63, 3.8) is 0 Å². The third-order valence-corrected chi connectivity index (χ3v) is 2.88. The molecule has 0 aliphatic rings. The van der Waals surface area contributed by atoms with Gasteiger partial charge in [-0.05, 0) is 24.2 Å². The van der Waals surface area contributed by atoms with Crippen molar-refractivity contribution in [3.05, 3.63) is 34.3 Å². The maximum atomic E-state index is 10.5. The first-order chi connectivity index (χ1) is 7.61. The summed E-state index contributed by atoms with van der Waals surface area (Å²) in [6.07, 6.45) is 0.196. The van der Waals surface area contributed by atoms with Crippen LogP contribution in [0.2, 0.25) is 0 Å². The highest BCUT2D eigenvalue weighted by atomic mass is 79.9. The van der Waals surface area contributed by atoms with E-state index in [4.69, 9.17) is 5.11 Å². The van der Waals surface area contributed by atoms with Crippen LogP contribution >= 0.6 is 15.9 Å². The van der Waals surface area contributed by atoms with E-state index in [1.54, 1.807) is 0 Å². The van der Waals surface area contributed by atoms with Crippen molar-refractivity contribution in [2.45, 2.75) is 19.9 Å². The summed E-state index contributed by atoms with van der Waals surface area (Å²) in [6, 6.07) is 8.08. The number of carboxylic acid groups (broad SMARTS) is 1. The number of halogens is 1. The average molecular weight is 286 g/mol. The summed E-state index contributed by atoms with van der Waals surface area (Å²) in [4.78, 5) is 12.6. The average Bonchev–Trinajstić information content (AvgIpc) is 2.24. The van der Waals surface area contributed by atoms with E-state index in [1.807, 2.05) is 25.1 Å². The lowest BCUT2D eigenvalue weighted by molar-refractivity contribution is -0.137. The van der Waals surface area contributed by atoms with Gasteiger partial charge >= 0.3 is 5.97 Å². The summed E-state index contributed by atoms with van der Waals surface area (Å²) in [6.45, 7) is 4.29. The van der Waals surface area contributed by atoms with Gasteiger partial charge in [0.05, 0.1) is 6.42 Å². The molecule has 0 unspecified atom stereocenters. The minimum absolute atomic E-state index is 0.196. The van der Waals surface area contributed by atoms with E-state index < -0.39 is 5.97 Å². The number of hydrogen-bond acceptors (Lipinski definition) is 2. The molecular formula is C12H16BrNO2. The molecule has 0 atom stereocenters. The molecule has 0 spiro atoms. The van der Waals surface area contributed by atoms with Crippen LogP contribution in [-0.2, 0) is 11.3 Å². The minimum Gasteiger partial charge on any atom is -0.481 e. The molecule has 3 nitrogen and oxygen atoms in total. The fourth-order valence-electron chi connectivity index (χ4n) is 1.50. The first-order valence-electron chi connectivity index (χ1n) is 5.30. The van der Waals surface area contributed by atoms with E-state index in [2.05, 4.69) is 26.9 Å². The number of hydrogen-bond donors (Lipinski definition) is 1. The van der Waals surface area contributed by atoms with Gasteiger partial charge in [0.15, 0.2) is 0 Å². The zero-order valence-electron chi connectivity index (χ0n) is 9.32. The molecule has 0 aromatic heterocycles. The third-order valence-electron chi connectivity index (χ3n) is 2.38. The molecule has 1 N–H and O–H groups in total. The molecule has 1 aromatic carbocycles. The third kappa shape index (κ3) is 4.77. The van der Waals surface area contributed by atoms with Crippen LogP contribution in [0.3, 0.4) is 0 Å². The lowest BCUT2D eigenvalue weighted by Crippen LogP contribution is -2.25. The van der Waals surface area contributed by atoms with E-state index in [0.717, 1.165) is 17.6 Å². The van der Waals surface area contributed by atoms with Crippen molar-refractivity contribution in [1.29, 1.82) is 0 Å². The number of carbonyl (C=O) groups is 1. The van der Waals surface area contributed by atoms with Crippen LogP contribution in [-0.4, -0.2) is 29.1 Å². The number of nitrogens with zero attached hydrogens (tertiary/aromatic N) is 1. The van der Waals surface area contributed by atoms with Crippen molar-refractivity contribution in [2.24, 2.45) is 0 Å². The van der Waals surface area contributed by atoms with E-state index in [1.165, 1.54) is 5.56 Å². The Morgan fingerprint density at radius 2 is 2.25 bits per heavy atom. The Morgan fingerprint density at radius 3 is 2.81 bits per heavy atom. The van der Waals surface area contributed by atoms with Gasteiger partial charge in [0.2, 0.25) is 0 Å². The first kappa shape index (κ1) is 13.2. The van der Waals surface area contributed by atoms with Crippen LogP contribution < -0.4 is 0 Å². The van der Waals surface area contributed by atoms with Crippen LogP contribution in [0.4, 0.5) is 0 Å². The first-order valence-corrected chi connectivity index (χ1v) is 6.09. The van der Waals surface area contributed by atoms with Gasteiger partial charge in [-0.15, -0.1) is 0 Å². The lowest BCUT2D eigenvalue weighted by atomic mass is 10.2. The molecule has 1 aromatic rings. The second kappa shape index (κ2) is 6.66. The Bertz CT molecular complexity index is 355. The summed E-state index contributed by atoms with van der Waals surface area (Å²) in [5, 5.41) is 8.63. The maximum Gasteiger partial charge on any atom is 0.304 e. The van der Waals surface area contributed by atoms with E-state index in [-0.39, 0.29) is 6.42 Å². The highest BCUT2D eigenvalue weighted by Crippen LogP contribution is 2.13. The van der Waals surface area contributed by atoms with Crippen molar-refractivity contribution in [1.82, 2.24) is 4.90 Å². The molecule has 0 fully saturated rings. The molecule has 16 heavy (non-hydrogen) atoms. The summed E-state index contributed by atoms with van der Waals surface area (Å²) < 4.78 is 1.05. The Kier molecular flexibility index (Phi) is 5.49. The standard InChI is InChI=1S/C12H16BrNO2/c1-2-14(7-6-12(15)16)9-10-4-3-5-11(13)8-10/h3-5,8H,2,6-7,9H2,1H3,(H,15,16). The normalized spacial score (nSPS) is 10.7. The van der Waals surface area contributed by atoms with Gasteiger partial charge in [0.1, 0.15) is 0 Å². The maximum absolute atomic E-state index is 10.5. The van der Waals surface area contributed by atoms with Crippen LogP contribution in [0.15, 0.2) is 28.7 Å². The van der Waals surface area contributed by atoms with Crippen LogP contribution in [0.1, 0.15) is 18.9 Å². The molecule has 1 rings (SSSR count). The van der Waals surface area contributed by atoms with Crippen LogP contribution in [0, 0.1) is 0 Å². The van der Waals surface area contributed by atoms with Gasteiger partial charge < -0.3 is 5.11 Å². The van der Waals surface area contributed by atoms with Gasteiger partial charge in [0.25, 0.3) is 0 Å². The number of carboxylic acids is 1. The number of aliphatic carboxylic acids is 1. The molecule has 0 aliphatic carbocycles. The molecule has 0 amide bonds. The summed E-state index contributed by atoms with van der Waals surface area (Å²) in [5.74, 6) is -0.743. The molecular weight excluding hydrogens is 270 g/mol. The molecule has 0 bridgehead atoms. The minimum atomic E-state index is -0.743. The van der Waals surface area contributed by atoms with Gasteiger partial charge in [-0.1, -0.05) is 35.0 Å². The van der Waals surface area contributed by atoms with E-state index in [9.17, 15) is 4.79 Å². The molecule has 0 radical (unpaired) electrons. The Labute approximate surface area is 104 Å². The number of rotatable bonds is 6. The molecule has 0 saturated carbocycles. The molecule has 0 heterocycles. The topological polar surface area (TPSA) is 40.5 Å². The smallest absolute Gasteiger partial charge is 0.304 e. The predicted molar refractivity (Wildman–Crippen MR) is 67.3 cm³/mol. The van der Waals surface area contributed by atoms with Gasteiger partial charge in [-0.2, -0.15) is 0 Å². The fraction of sp³-hybridized carbons (Fsp3) is 0.417. The lowest BCUT2D eigenvalue weighted by Gasteiger charge is -2.19. The highest BCUT2D eigenvalue weighted by Gasteiger charge is 2.06. The predicted octanol–water partition coefficient (Wildman–Crippen LogP) is 2.75. The van der Waals surface area contributed by atoms with Crippen molar-refractivity contribution < 1.29 is 9.90 Å². The fourth-order valence-corrected chi connectivity index (χ4v) is 1.94. The summed E-state index contributed by atoms with van der Waals surface area (Å²) in [5.41, 5.74) is 1.20. The zero-order valence-corrected chi connectivity index (χ0v) is 10.9. The zero-order chi connectivity index (χ0) is 12.0. The van der Waals surface area contributed by atoms with Crippen LogP contribution in [0.25, 0.3) is 0 Å². The second-order valence-corrected chi connectivity index (χ2v) is 4.56. The molecule has 0 saturated heterocycles. The Balaban J connectivity index is 2.52. The van der Waals surface area contributed by atoms with Crippen molar-refractivity contribution >= 4 is 21.9 Å². The summed E-state index contributed by atoms with van der Waals surface area (Å²) in [7, 11) is 0. The van der Waals surface area contributed by atoms with Crippen molar-refractivity contribution in [3.8, 4) is 0 Å². The molecule has 0 aliphatic heterocycles. The summed E-state index contributed by atoms with van der Waals surface area (Å²) >= 11 is 3.42. The van der Waals surface area contributed by atoms with Gasteiger partial charge in [-0.25, -0.2) is 0 Å². The van der Waals surface area contributed by atoms with Crippen molar-refractivity contribution in [2.75, 3.05) is 13.1 Å². The molecule has 4 heteroatoms. The quantitative estimate of drug-likeness (QED) is 0.874. The SMILES string of the molecule is CCN(CCC(=O)O)Cc1cccc(Br)c1. The Morgan fingerprint density at radius 1 is 1.50 bits per heavy atom. The monoisotopic (exact) mass is 285 g/mol. The van der Waals surface area contributed by atoms with Gasteiger partial charge in [-0.3, -0.25) is 9.69 Å². The molecule has 88 valence electrons. The van der Waals surface area contributed by atoms with Crippen LogP contribution in [0.5, 0.6) is 0 Å². The van der Waals surface area contributed by atoms with Gasteiger partial charge in [0, 0.05) is 17.6 Å². The van der Waals surface area contributed by atoms with E-state index in [0.29, 0.717) is 6.54 Å². The highest BCUT2D eigenvalue weighted by molar-refractivity contribution is 9.10. The number of benzene rings is 1. The Hall–Kier alpha value is -0.870. The second-order valence-electron chi connectivity index (χ2n) is 3.64. The van der Waals surface area contributed by atoms with E-state index >= 15 is 0 Å². The largest absolute Gasteiger partial charge is 0.481 e.